The van der Waals surface area contributed by atoms with Crippen LogP contribution in [0.25, 0.3) is 0 Å². The highest BCUT2D eigenvalue weighted by molar-refractivity contribution is 4.92. The van der Waals surface area contributed by atoms with Gasteiger partial charge in [-0.05, 0) is 50.4 Å². The number of hydrogen-bond donors (Lipinski definition) is 1. The van der Waals surface area contributed by atoms with Gasteiger partial charge in [0.2, 0.25) is 0 Å². The summed E-state index contributed by atoms with van der Waals surface area (Å²) in [6, 6.07) is 0. The van der Waals surface area contributed by atoms with Gasteiger partial charge in [-0.3, -0.25) is 0 Å². The predicted molar refractivity (Wildman–Crippen MR) is 86.9 cm³/mol. The van der Waals surface area contributed by atoms with Crippen LogP contribution in [0, 0.1) is 11.8 Å². The number of aliphatic hydroxyl groups is 1. The maximum atomic E-state index is 10.8. The first kappa shape index (κ1) is 16.3. The van der Waals surface area contributed by atoms with Gasteiger partial charge in [0.05, 0.1) is 5.60 Å². The van der Waals surface area contributed by atoms with E-state index in [0.717, 1.165) is 31.1 Å². The molecule has 20 heavy (non-hydrogen) atoms. The highest BCUT2D eigenvalue weighted by Crippen LogP contribution is 2.47. The van der Waals surface area contributed by atoms with Crippen molar-refractivity contribution in [3.63, 3.8) is 0 Å². The minimum atomic E-state index is -0.284. The van der Waals surface area contributed by atoms with E-state index in [1.54, 1.807) is 0 Å². The Morgan fingerprint density at radius 1 is 0.850 bits per heavy atom. The fourth-order valence-electron chi connectivity index (χ4n) is 4.17. The molecular weight excluding hydrogens is 244 g/mol. The molecule has 118 valence electrons. The fraction of sp³-hybridized carbons (Fsp3) is 1.00. The molecule has 2 unspecified atom stereocenters. The molecule has 1 heteroatoms. The molecule has 2 saturated carbocycles. The topological polar surface area (TPSA) is 20.2 Å². The van der Waals surface area contributed by atoms with Gasteiger partial charge in [0.25, 0.3) is 0 Å². The standard InChI is InChI=1S/C19H36O/c1-2-3-4-5-6-7-8-9-14-19(20)15-10-11-18(16-19)17-12-13-17/h17-18,20H,2-16H2,1H3. The van der Waals surface area contributed by atoms with Crippen molar-refractivity contribution in [1.29, 1.82) is 0 Å². The van der Waals surface area contributed by atoms with Crippen molar-refractivity contribution < 1.29 is 5.11 Å². The molecule has 2 atom stereocenters. The molecule has 0 saturated heterocycles. The van der Waals surface area contributed by atoms with Crippen LogP contribution in [0.3, 0.4) is 0 Å². The van der Waals surface area contributed by atoms with Gasteiger partial charge in [0.15, 0.2) is 0 Å². The minimum Gasteiger partial charge on any atom is -0.390 e. The Hall–Kier alpha value is -0.0400. The van der Waals surface area contributed by atoms with Gasteiger partial charge in [-0.2, -0.15) is 0 Å². The second-order valence-electron chi connectivity index (χ2n) is 7.64. The van der Waals surface area contributed by atoms with E-state index in [0.29, 0.717) is 0 Å². The summed E-state index contributed by atoms with van der Waals surface area (Å²) in [5, 5.41) is 10.8. The number of rotatable bonds is 10. The molecule has 2 aliphatic rings. The zero-order chi connectivity index (χ0) is 14.3. The van der Waals surface area contributed by atoms with Crippen LogP contribution in [0.1, 0.15) is 103 Å². The maximum Gasteiger partial charge on any atom is 0.0650 e. The molecule has 0 aromatic carbocycles. The van der Waals surface area contributed by atoms with Crippen LogP contribution in [0.5, 0.6) is 0 Å². The van der Waals surface area contributed by atoms with Gasteiger partial charge in [-0.1, -0.05) is 64.7 Å². The fourth-order valence-corrected chi connectivity index (χ4v) is 4.17. The largest absolute Gasteiger partial charge is 0.390 e. The Bertz CT molecular complexity index is 258. The van der Waals surface area contributed by atoms with E-state index in [1.807, 2.05) is 0 Å². The Labute approximate surface area is 126 Å². The molecule has 0 bridgehead atoms. The summed E-state index contributed by atoms with van der Waals surface area (Å²) in [7, 11) is 0. The van der Waals surface area contributed by atoms with Crippen LogP contribution in [0.4, 0.5) is 0 Å². The van der Waals surface area contributed by atoms with Gasteiger partial charge in [-0.15, -0.1) is 0 Å². The summed E-state index contributed by atoms with van der Waals surface area (Å²) >= 11 is 0. The van der Waals surface area contributed by atoms with Crippen LogP contribution in [0.15, 0.2) is 0 Å². The lowest BCUT2D eigenvalue weighted by Crippen LogP contribution is -2.35. The molecule has 2 fully saturated rings. The SMILES string of the molecule is CCCCCCCCCCC1(O)CCCC(C2CC2)C1. The van der Waals surface area contributed by atoms with Crippen molar-refractivity contribution in [3.05, 3.63) is 0 Å². The first-order valence-corrected chi connectivity index (χ1v) is 9.46. The van der Waals surface area contributed by atoms with Gasteiger partial charge in [0.1, 0.15) is 0 Å². The summed E-state index contributed by atoms with van der Waals surface area (Å²) in [5.74, 6) is 1.85. The lowest BCUT2D eigenvalue weighted by molar-refractivity contribution is -0.0287. The molecule has 0 heterocycles. The zero-order valence-electron chi connectivity index (χ0n) is 13.7. The van der Waals surface area contributed by atoms with Crippen molar-refractivity contribution in [3.8, 4) is 0 Å². The van der Waals surface area contributed by atoms with Gasteiger partial charge >= 0.3 is 0 Å². The Morgan fingerprint density at radius 3 is 2.15 bits per heavy atom. The Morgan fingerprint density at radius 2 is 1.50 bits per heavy atom. The number of unbranched alkanes of at least 4 members (excludes halogenated alkanes) is 7. The van der Waals surface area contributed by atoms with E-state index in [4.69, 9.17) is 0 Å². The molecule has 0 aliphatic heterocycles. The third-order valence-electron chi connectivity index (χ3n) is 5.64. The summed E-state index contributed by atoms with van der Waals surface area (Å²) in [6.45, 7) is 2.28. The normalized spacial score (nSPS) is 30.6. The van der Waals surface area contributed by atoms with Gasteiger partial charge in [-0.25, -0.2) is 0 Å². The summed E-state index contributed by atoms with van der Waals surface area (Å²) < 4.78 is 0. The summed E-state index contributed by atoms with van der Waals surface area (Å²) in [4.78, 5) is 0. The van der Waals surface area contributed by atoms with E-state index in [1.165, 1.54) is 77.0 Å². The van der Waals surface area contributed by atoms with Crippen molar-refractivity contribution >= 4 is 0 Å². The van der Waals surface area contributed by atoms with E-state index in [2.05, 4.69) is 6.92 Å². The summed E-state index contributed by atoms with van der Waals surface area (Å²) in [6.07, 6.45) is 19.8. The third-order valence-corrected chi connectivity index (χ3v) is 5.64. The number of hydrogen-bond acceptors (Lipinski definition) is 1. The lowest BCUT2D eigenvalue weighted by atomic mass is 9.74. The molecule has 1 N–H and O–H groups in total. The van der Waals surface area contributed by atoms with E-state index in [-0.39, 0.29) is 5.60 Å². The molecule has 0 radical (unpaired) electrons. The monoisotopic (exact) mass is 280 g/mol. The first-order valence-electron chi connectivity index (χ1n) is 9.46. The molecule has 2 rings (SSSR count). The van der Waals surface area contributed by atoms with Crippen molar-refractivity contribution in [2.45, 2.75) is 109 Å². The Kier molecular flexibility index (Phi) is 6.87. The molecule has 0 amide bonds. The molecule has 1 nitrogen and oxygen atoms in total. The predicted octanol–water partition coefficient (Wildman–Crippen LogP) is 5.85. The molecular formula is C19H36O. The van der Waals surface area contributed by atoms with E-state index < -0.39 is 0 Å². The van der Waals surface area contributed by atoms with Gasteiger partial charge in [0, 0.05) is 0 Å². The minimum absolute atomic E-state index is 0.284. The van der Waals surface area contributed by atoms with Crippen LogP contribution in [-0.2, 0) is 0 Å². The quantitative estimate of drug-likeness (QED) is 0.498. The average Bonchev–Trinajstić information content (AvgIpc) is 3.26. The molecule has 0 aromatic heterocycles. The lowest BCUT2D eigenvalue weighted by Gasteiger charge is -2.37. The van der Waals surface area contributed by atoms with E-state index >= 15 is 0 Å². The van der Waals surface area contributed by atoms with E-state index in [9.17, 15) is 5.11 Å². The smallest absolute Gasteiger partial charge is 0.0650 e. The molecule has 2 aliphatic carbocycles. The second kappa shape index (κ2) is 8.41. The van der Waals surface area contributed by atoms with Crippen LogP contribution in [-0.4, -0.2) is 10.7 Å². The van der Waals surface area contributed by atoms with Crippen molar-refractivity contribution in [2.24, 2.45) is 11.8 Å². The third kappa shape index (κ3) is 5.76. The molecule has 0 aromatic rings. The Balaban J connectivity index is 1.51. The first-order chi connectivity index (χ1) is 9.73. The molecule has 0 spiro atoms. The van der Waals surface area contributed by atoms with Crippen LogP contribution in [0.2, 0.25) is 0 Å². The van der Waals surface area contributed by atoms with Crippen LogP contribution >= 0.6 is 0 Å². The zero-order valence-corrected chi connectivity index (χ0v) is 13.7. The van der Waals surface area contributed by atoms with Crippen molar-refractivity contribution in [2.75, 3.05) is 0 Å². The summed E-state index contributed by atoms with van der Waals surface area (Å²) in [5.41, 5.74) is -0.284. The second-order valence-corrected chi connectivity index (χ2v) is 7.64. The maximum absolute atomic E-state index is 10.8. The highest BCUT2D eigenvalue weighted by Gasteiger charge is 2.40. The highest BCUT2D eigenvalue weighted by atomic mass is 16.3. The van der Waals surface area contributed by atoms with Crippen molar-refractivity contribution in [1.82, 2.24) is 0 Å². The average molecular weight is 280 g/mol. The van der Waals surface area contributed by atoms with Gasteiger partial charge < -0.3 is 5.11 Å². The van der Waals surface area contributed by atoms with Crippen LogP contribution < -0.4 is 0 Å².